The van der Waals surface area contributed by atoms with E-state index in [-0.39, 0.29) is 12.3 Å². The molecule has 0 saturated heterocycles. The molecule has 0 aromatic heterocycles. The second kappa shape index (κ2) is 7.58. The standard InChI is InChI=1S/C12H19NO8/c1-6(2)3-7(13)10(18)21-12(11(19)20,4-8(14)15)5-9(16)17/h6-7H,3-5,13H2,1-2H3,(H,14,15)(H,16,17)(H,19,20). The highest BCUT2D eigenvalue weighted by atomic mass is 16.6. The molecule has 0 saturated carbocycles. The van der Waals surface area contributed by atoms with Crippen LogP contribution >= 0.6 is 0 Å². The first kappa shape index (κ1) is 18.8. The van der Waals surface area contributed by atoms with Gasteiger partial charge in [0, 0.05) is 0 Å². The number of carboxylic acids is 3. The Labute approximate surface area is 120 Å². The van der Waals surface area contributed by atoms with Crippen molar-refractivity contribution in [1.29, 1.82) is 0 Å². The highest BCUT2D eigenvalue weighted by molar-refractivity contribution is 5.91. The maximum Gasteiger partial charge on any atom is 0.349 e. The third-order valence-electron chi connectivity index (χ3n) is 2.59. The van der Waals surface area contributed by atoms with Crippen molar-refractivity contribution >= 4 is 23.9 Å². The zero-order valence-electron chi connectivity index (χ0n) is 11.7. The molecule has 9 heteroatoms. The van der Waals surface area contributed by atoms with Gasteiger partial charge in [-0.05, 0) is 12.3 Å². The number of rotatable bonds is 9. The van der Waals surface area contributed by atoms with E-state index in [1.165, 1.54) is 0 Å². The molecule has 0 aromatic carbocycles. The summed E-state index contributed by atoms with van der Waals surface area (Å²) >= 11 is 0. The summed E-state index contributed by atoms with van der Waals surface area (Å²) in [5.41, 5.74) is 2.85. The fourth-order valence-corrected chi connectivity index (χ4v) is 1.69. The number of carbonyl (C=O) groups is 4. The summed E-state index contributed by atoms with van der Waals surface area (Å²) < 4.78 is 4.66. The third kappa shape index (κ3) is 6.21. The van der Waals surface area contributed by atoms with Gasteiger partial charge in [0.1, 0.15) is 6.04 Å². The van der Waals surface area contributed by atoms with Crippen molar-refractivity contribution in [2.24, 2.45) is 11.7 Å². The molecule has 21 heavy (non-hydrogen) atoms. The average molecular weight is 305 g/mol. The van der Waals surface area contributed by atoms with Crippen LogP contribution < -0.4 is 5.73 Å². The first-order valence-electron chi connectivity index (χ1n) is 6.15. The maximum absolute atomic E-state index is 11.8. The molecule has 0 amide bonds. The minimum atomic E-state index is -2.68. The normalized spacial score (nSPS) is 12.8. The van der Waals surface area contributed by atoms with Crippen molar-refractivity contribution in [3.63, 3.8) is 0 Å². The Morgan fingerprint density at radius 1 is 1.05 bits per heavy atom. The molecular weight excluding hydrogens is 286 g/mol. The second-order valence-corrected chi connectivity index (χ2v) is 5.10. The van der Waals surface area contributed by atoms with E-state index in [1.807, 2.05) is 0 Å². The lowest BCUT2D eigenvalue weighted by molar-refractivity contribution is -0.187. The number of carbonyl (C=O) groups excluding carboxylic acids is 1. The lowest BCUT2D eigenvalue weighted by atomic mass is 9.94. The van der Waals surface area contributed by atoms with Crippen molar-refractivity contribution in [2.45, 2.75) is 44.8 Å². The molecule has 0 aromatic rings. The lowest BCUT2D eigenvalue weighted by Gasteiger charge is -2.27. The fraction of sp³-hybridized carbons (Fsp3) is 0.667. The molecule has 120 valence electrons. The van der Waals surface area contributed by atoms with E-state index < -0.39 is 48.4 Å². The van der Waals surface area contributed by atoms with Crippen LogP contribution in [0.1, 0.15) is 33.1 Å². The van der Waals surface area contributed by atoms with E-state index in [0.717, 1.165) is 0 Å². The minimum Gasteiger partial charge on any atom is -0.481 e. The van der Waals surface area contributed by atoms with Crippen molar-refractivity contribution < 1.29 is 39.2 Å². The van der Waals surface area contributed by atoms with Gasteiger partial charge in [-0.3, -0.25) is 14.4 Å². The maximum atomic E-state index is 11.8. The summed E-state index contributed by atoms with van der Waals surface area (Å²) in [5, 5.41) is 26.5. The summed E-state index contributed by atoms with van der Waals surface area (Å²) in [6.45, 7) is 3.54. The summed E-state index contributed by atoms with van der Waals surface area (Å²) in [6, 6.07) is -1.16. The topological polar surface area (TPSA) is 164 Å². The van der Waals surface area contributed by atoms with Gasteiger partial charge in [0.05, 0.1) is 12.8 Å². The first-order chi connectivity index (χ1) is 9.50. The highest BCUT2D eigenvalue weighted by Crippen LogP contribution is 2.23. The van der Waals surface area contributed by atoms with E-state index in [0.29, 0.717) is 0 Å². The van der Waals surface area contributed by atoms with Crippen LogP contribution in [-0.4, -0.2) is 50.8 Å². The van der Waals surface area contributed by atoms with Crippen molar-refractivity contribution in [3.8, 4) is 0 Å². The van der Waals surface area contributed by atoms with Crippen LogP contribution in [0.5, 0.6) is 0 Å². The molecule has 0 fully saturated rings. The summed E-state index contributed by atoms with van der Waals surface area (Å²) in [5.74, 6) is -6.19. The third-order valence-corrected chi connectivity index (χ3v) is 2.59. The minimum absolute atomic E-state index is 0.0192. The van der Waals surface area contributed by atoms with Crippen LogP contribution in [0.25, 0.3) is 0 Å². The number of ether oxygens (including phenoxy) is 1. The molecule has 0 aliphatic heterocycles. The SMILES string of the molecule is CC(C)CC(N)C(=O)OC(CC(=O)O)(CC(=O)O)C(=O)O. The molecule has 0 aliphatic rings. The van der Waals surface area contributed by atoms with E-state index >= 15 is 0 Å². The first-order valence-corrected chi connectivity index (χ1v) is 6.15. The molecule has 9 nitrogen and oxygen atoms in total. The Hall–Kier alpha value is -2.16. The van der Waals surface area contributed by atoms with E-state index in [1.54, 1.807) is 13.8 Å². The monoisotopic (exact) mass is 305 g/mol. The Morgan fingerprint density at radius 2 is 1.48 bits per heavy atom. The summed E-state index contributed by atoms with van der Waals surface area (Å²) in [6.07, 6.45) is -2.15. The number of carboxylic acid groups (broad SMARTS) is 3. The van der Waals surface area contributed by atoms with Gasteiger partial charge in [-0.2, -0.15) is 0 Å². The number of aliphatic carboxylic acids is 3. The lowest BCUT2D eigenvalue weighted by Crippen LogP contribution is -2.50. The quantitative estimate of drug-likeness (QED) is 0.417. The summed E-state index contributed by atoms with van der Waals surface area (Å²) in [4.78, 5) is 44.5. The molecule has 0 spiro atoms. The van der Waals surface area contributed by atoms with Gasteiger partial charge >= 0.3 is 23.9 Å². The number of nitrogens with two attached hydrogens (primary N) is 1. The zero-order valence-corrected chi connectivity index (χ0v) is 11.7. The number of esters is 1. The second-order valence-electron chi connectivity index (χ2n) is 5.10. The van der Waals surface area contributed by atoms with Gasteiger partial charge < -0.3 is 25.8 Å². The largest absolute Gasteiger partial charge is 0.481 e. The van der Waals surface area contributed by atoms with Crippen LogP contribution in [-0.2, 0) is 23.9 Å². The van der Waals surface area contributed by atoms with Crippen LogP contribution in [0.2, 0.25) is 0 Å². The Bertz CT molecular complexity index is 415. The Kier molecular flexibility index (Phi) is 6.80. The molecule has 5 N–H and O–H groups in total. The number of hydrogen-bond acceptors (Lipinski definition) is 6. The Morgan fingerprint density at radius 3 is 1.76 bits per heavy atom. The molecule has 0 bridgehead atoms. The molecule has 0 rings (SSSR count). The average Bonchev–Trinajstić information content (AvgIpc) is 2.25. The predicted octanol–water partition coefficient (Wildman–Crippen LogP) is -0.324. The molecule has 1 unspecified atom stereocenters. The molecular formula is C12H19NO8. The predicted molar refractivity (Wildman–Crippen MR) is 68.4 cm³/mol. The highest BCUT2D eigenvalue weighted by Gasteiger charge is 2.47. The van der Waals surface area contributed by atoms with Gasteiger partial charge in [0.25, 0.3) is 0 Å². The fourth-order valence-electron chi connectivity index (χ4n) is 1.69. The zero-order chi connectivity index (χ0) is 16.8. The Balaban J connectivity index is 5.29. The molecule has 0 heterocycles. The van der Waals surface area contributed by atoms with Crippen LogP contribution in [0, 0.1) is 5.92 Å². The van der Waals surface area contributed by atoms with E-state index in [4.69, 9.17) is 21.1 Å². The van der Waals surface area contributed by atoms with Crippen LogP contribution in [0.3, 0.4) is 0 Å². The smallest absolute Gasteiger partial charge is 0.349 e. The van der Waals surface area contributed by atoms with Gasteiger partial charge in [-0.25, -0.2) is 4.79 Å². The molecule has 1 atom stereocenters. The summed E-state index contributed by atoms with van der Waals surface area (Å²) in [7, 11) is 0. The van der Waals surface area contributed by atoms with Crippen LogP contribution in [0.15, 0.2) is 0 Å². The van der Waals surface area contributed by atoms with E-state index in [2.05, 4.69) is 4.74 Å². The molecule has 0 aliphatic carbocycles. The van der Waals surface area contributed by atoms with Gasteiger partial charge in [0.15, 0.2) is 0 Å². The van der Waals surface area contributed by atoms with Crippen molar-refractivity contribution in [2.75, 3.05) is 0 Å². The van der Waals surface area contributed by atoms with Crippen molar-refractivity contribution in [1.82, 2.24) is 0 Å². The van der Waals surface area contributed by atoms with E-state index in [9.17, 15) is 19.2 Å². The molecule has 0 radical (unpaired) electrons. The number of hydrogen-bond donors (Lipinski definition) is 4. The van der Waals surface area contributed by atoms with Crippen LogP contribution in [0.4, 0.5) is 0 Å². The van der Waals surface area contributed by atoms with Gasteiger partial charge in [0.2, 0.25) is 5.60 Å². The van der Waals surface area contributed by atoms with Gasteiger partial charge in [-0.1, -0.05) is 13.8 Å². The van der Waals surface area contributed by atoms with Gasteiger partial charge in [-0.15, -0.1) is 0 Å². The van der Waals surface area contributed by atoms with Crippen molar-refractivity contribution in [3.05, 3.63) is 0 Å².